The molecule has 0 atom stereocenters. The van der Waals surface area contributed by atoms with Crippen molar-refractivity contribution in [1.29, 1.82) is 0 Å². The molecule has 0 heterocycles. The topological polar surface area (TPSA) is 63.4 Å². The van der Waals surface area contributed by atoms with Gasteiger partial charge in [-0.25, -0.2) is 8.42 Å². The lowest BCUT2D eigenvalue weighted by Crippen LogP contribution is -2.33. The zero-order valence-corrected chi connectivity index (χ0v) is 10.1. The Morgan fingerprint density at radius 1 is 1.31 bits per heavy atom. The molecule has 0 aliphatic heterocycles. The summed E-state index contributed by atoms with van der Waals surface area (Å²) in [4.78, 5) is 0. The molecule has 2 N–H and O–H groups in total. The Hall–Kier alpha value is -1.23. The average molecular weight is 240 g/mol. The highest BCUT2D eigenvalue weighted by Gasteiger charge is 2.39. The molecule has 1 aliphatic carbocycles. The van der Waals surface area contributed by atoms with Gasteiger partial charge in [-0.3, -0.25) is 4.31 Å². The molecule has 1 aliphatic rings. The van der Waals surface area contributed by atoms with E-state index in [1.165, 1.54) is 4.31 Å². The van der Waals surface area contributed by atoms with Gasteiger partial charge < -0.3 is 5.73 Å². The fourth-order valence-electron chi connectivity index (χ4n) is 1.70. The molecule has 4 nitrogen and oxygen atoms in total. The largest absolute Gasteiger partial charge is 0.399 e. The molecule has 0 bridgehead atoms. The van der Waals surface area contributed by atoms with Crippen molar-refractivity contribution in [3.8, 4) is 0 Å². The molecule has 1 aromatic rings. The van der Waals surface area contributed by atoms with E-state index in [1.807, 2.05) is 6.92 Å². The maximum Gasteiger partial charge on any atom is 0.238 e. The number of benzene rings is 1. The van der Waals surface area contributed by atoms with Crippen molar-refractivity contribution >= 4 is 21.4 Å². The first-order chi connectivity index (χ1) is 7.55. The Morgan fingerprint density at radius 2 is 1.88 bits per heavy atom. The van der Waals surface area contributed by atoms with Crippen LogP contribution >= 0.6 is 0 Å². The molecule has 1 aromatic carbocycles. The van der Waals surface area contributed by atoms with Gasteiger partial charge >= 0.3 is 0 Å². The molecule has 2 rings (SSSR count). The first kappa shape index (κ1) is 11.3. The van der Waals surface area contributed by atoms with Gasteiger partial charge in [0.15, 0.2) is 0 Å². The summed E-state index contributed by atoms with van der Waals surface area (Å²) >= 11 is 0. The van der Waals surface area contributed by atoms with Gasteiger partial charge in [0.25, 0.3) is 0 Å². The number of sulfonamides is 1. The maximum atomic E-state index is 12.1. The average Bonchev–Trinajstić information content (AvgIpc) is 3.05. The van der Waals surface area contributed by atoms with Crippen molar-refractivity contribution in [2.75, 3.05) is 16.6 Å². The highest BCUT2D eigenvalue weighted by Crippen LogP contribution is 2.33. The fourth-order valence-corrected chi connectivity index (χ4v) is 3.56. The molecule has 0 unspecified atom stereocenters. The molecule has 0 saturated heterocycles. The van der Waals surface area contributed by atoms with E-state index in [-0.39, 0.29) is 5.25 Å². The highest BCUT2D eigenvalue weighted by atomic mass is 32.2. The van der Waals surface area contributed by atoms with E-state index in [4.69, 9.17) is 5.73 Å². The summed E-state index contributed by atoms with van der Waals surface area (Å²) < 4.78 is 25.7. The number of nitrogen functional groups attached to an aromatic ring is 1. The third-order valence-corrected chi connectivity index (χ3v) is 5.12. The van der Waals surface area contributed by atoms with Crippen LogP contribution in [0.1, 0.15) is 19.8 Å². The van der Waals surface area contributed by atoms with E-state index in [2.05, 4.69) is 0 Å². The lowest BCUT2D eigenvalue weighted by atomic mass is 10.3. The second kappa shape index (κ2) is 3.97. The van der Waals surface area contributed by atoms with E-state index < -0.39 is 10.0 Å². The third-order valence-electron chi connectivity index (χ3n) is 2.72. The SMILES string of the molecule is CCN(c1ccc(N)cc1)S(=O)(=O)C1CC1. The summed E-state index contributed by atoms with van der Waals surface area (Å²) in [6.45, 7) is 2.30. The number of anilines is 2. The van der Waals surface area contributed by atoms with Crippen LogP contribution in [-0.4, -0.2) is 20.2 Å². The second-order valence-electron chi connectivity index (χ2n) is 4.00. The van der Waals surface area contributed by atoms with Gasteiger partial charge in [-0.05, 0) is 44.0 Å². The van der Waals surface area contributed by atoms with Gasteiger partial charge in [-0.15, -0.1) is 0 Å². The quantitative estimate of drug-likeness (QED) is 0.813. The monoisotopic (exact) mass is 240 g/mol. The molecule has 0 spiro atoms. The van der Waals surface area contributed by atoms with Crippen LogP contribution in [0.4, 0.5) is 11.4 Å². The first-order valence-electron chi connectivity index (χ1n) is 5.43. The van der Waals surface area contributed by atoms with Crippen LogP contribution in [0.25, 0.3) is 0 Å². The van der Waals surface area contributed by atoms with E-state index in [9.17, 15) is 8.42 Å². The van der Waals surface area contributed by atoms with Crippen LogP contribution in [0.5, 0.6) is 0 Å². The minimum absolute atomic E-state index is 0.176. The summed E-state index contributed by atoms with van der Waals surface area (Å²) in [7, 11) is -3.15. The summed E-state index contributed by atoms with van der Waals surface area (Å²) in [5, 5.41) is -0.176. The van der Waals surface area contributed by atoms with Crippen molar-refractivity contribution in [3.63, 3.8) is 0 Å². The van der Waals surface area contributed by atoms with Crippen molar-refractivity contribution < 1.29 is 8.42 Å². The van der Waals surface area contributed by atoms with Crippen LogP contribution in [0, 0.1) is 0 Å². The molecule has 0 amide bonds. The van der Waals surface area contributed by atoms with Crippen molar-refractivity contribution in [2.24, 2.45) is 0 Å². The molecule has 1 fully saturated rings. The summed E-state index contributed by atoms with van der Waals surface area (Å²) in [6.07, 6.45) is 1.57. The molecule has 16 heavy (non-hydrogen) atoms. The third kappa shape index (κ3) is 2.00. The van der Waals surface area contributed by atoms with Crippen LogP contribution in [0.15, 0.2) is 24.3 Å². The maximum absolute atomic E-state index is 12.1. The zero-order chi connectivity index (χ0) is 11.8. The van der Waals surface area contributed by atoms with Crippen LogP contribution in [0.2, 0.25) is 0 Å². The standard InChI is InChI=1S/C11H16N2O2S/c1-2-13(16(14,15)11-7-8-11)10-5-3-9(12)4-6-10/h3-6,11H,2,7-8,12H2,1H3. The number of hydrogen-bond acceptors (Lipinski definition) is 3. The lowest BCUT2D eigenvalue weighted by Gasteiger charge is -2.22. The van der Waals surface area contributed by atoms with Gasteiger partial charge in [0.2, 0.25) is 10.0 Å². The normalized spacial score (nSPS) is 16.1. The molecule has 88 valence electrons. The summed E-state index contributed by atoms with van der Waals surface area (Å²) in [6, 6.07) is 6.94. The van der Waals surface area contributed by atoms with Crippen LogP contribution < -0.4 is 10.0 Å². The van der Waals surface area contributed by atoms with Crippen molar-refractivity contribution in [2.45, 2.75) is 25.0 Å². The minimum atomic E-state index is -3.15. The van der Waals surface area contributed by atoms with Crippen molar-refractivity contribution in [3.05, 3.63) is 24.3 Å². The van der Waals surface area contributed by atoms with Gasteiger partial charge in [-0.2, -0.15) is 0 Å². The Kier molecular flexibility index (Phi) is 2.80. The summed E-state index contributed by atoms with van der Waals surface area (Å²) in [5.41, 5.74) is 6.92. The van der Waals surface area contributed by atoms with E-state index in [0.717, 1.165) is 12.8 Å². The number of rotatable bonds is 4. The molecular formula is C11H16N2O2S. The molecule has 0 aromatic heterocycles. The number of nitrogens with two attached hydrogens (primary N) is 1. The Balaban J connectivity index is 2.32. The fraction of sp³-hybridized carbons (Fsp3) is 0.455. The molecule has 0 radical (unpaired) electrons. The number of nitrogens with zero attached hydrogens (tertiary/aromatic N) is 1. The smallest absolute Gasteiger partial charge is 0.238 e. The molecular weight excluding hydrogens is 224 g/mol. The lowest BCUT2D eigenvalue weighted by molar-refractivity contribution is 0.590. The van der Waals surface area contributed by atoms with Crippen LogP contribution in [-0.2, 0) is 10.0 Å². The van der Waals surface area contributed by atoms with Gasteiger partial charge in [0.1, 0.15) is 0 Å². The van der Waals surface area contributed by atoms with Gasteiger partial charge in [-0.1, -0.05) is 0 Å². The van der Waals surface area contributed by atoms with E-state index in [1.54, 1.807) is 24.3 Å². The Bertz CT molecular complexity index is 463. The van der Waals surface area contributed by atoms with E-state index in [0.29, 0.717) is 17.9 Å². The highest BCUT2D eigenvalue weighted by molar-refractivity contribution is 7.93. The molecule has 5 heteroatoms. The van der Waals surface area contributed by atoms with Gasteiger partial charge in [0, 0.05) is 12.2 Å². The summed E-state index contributed by atoms with van der Waals surface area (Å²) in [5.74, 6) is 0. The van der Waals surface area contributed by atoms with E-state index >= 15 is 0 Å². The van der Waals surface area contributed by atoms with Crippen molar-refractivity contribution in [1.82, 2.24) is 0 Å². The Labute approximate surface area is 96.1 Å². The Morgan fingerprint density at radius 3 is 2.31 bits per heavy atom. The predicted molar refractivity (Wildman–Crippen MR) is 65.8 cm³/mol. The first-order valence-corrected chi connectivity index (χ1v) is 6.93. The van der Waals surface area contributed by atoms with Gasteiger partial charge in [0.05, 0.1) is 10.9 Å². The number of hydrogen-bond donors (Lipinski definition) is 1. The zero-order valence-electron chi connectivity index (χ0n) is 9.26. The second-order valence-corrected chi connectivity index (χ2v) is 6.14. The minimum Gasteiger partial charge on any atom is -0.399 e. The predicted octanol–water partition coefficient (Wildman–Crippen LogP) is 1.59. The molecule has 1 saturated carbocycles. The van der Waals surface area contributed by atoms with Crippen LogP contribution in [0.3, 0.4) is 0 Å².